The highest BCUT2D eigenvalue weighted by Gasteiger charge is 2.14. The molecule has 1 N–H and O–H groups in total. The van der Waals surface area contributed by atoms with Crippen molar-refractivity contribution in [1.82, 2.24) is 20.2 Å². The minimum absolute atomic E-state index is 0.0272. The Balaban J connectivity index is 1.59. The topological polar surface area (TPSA) is 142 Å². The molecule has 1 heterocycles. The molecule has 0 radical (unpaired) electrons. The van der Waals surface area contributed by atoms with E-state index in [1.54, 1.807) is 36.4 Å². The highest BCUT2D eigenvalue weighted by molar-refractivity contribution is 5.83. The van der Waals surface area contributed by atoms with Crippen molar-refractivity contribution in [2.45, 2.75) is 6.54 Å². The van der Waals surface area contributed by atoms with E-state index >= 15 is 0 Å². The fourth-order valence-electron chi connectivity index (χ4n) is 2.61. The van der Waals surface area contributed by atoms with Crippen LogP contribution in [-0.2, 0) is 6.54 Å². The number of carboxylic acid groups (broad SMARTS) is 1. The van der Waals surface area contributed by atoms with Crippen LogP contribution in [0.3, 0.4) is 0 Å². The number of tetrazole rings is 1. The van der Waals surface area contributed by atoms with Crippen LogP contribution < -0.4 is 9.47 Å². The molecule has 0 aliphatic heterocycles. The van der Waals surface area contributed by atoms with E-state index in [1.807, 2.05) is 0 Å². The van der Waals surface area contributed by atoms with Crippen LogP contribution in [0.4, 0.5) is 5.69 Å². The number of aromatic nitrogens is 4. The molecule has 3 rings (SSSR count). The van der Waals surface area contributed by atoms with Crippen LogP contribution in [0.15, 0.2) is 48.5 Å². The lowest BCUT2D eigenvalue weighted by Crippen LogP contribution is -2.12. The number of benzene rings is 2. The van der Waals surface area contributed by atoms with E-state index < -0.39 is 10.9 Å². The fraction of sp³-hybridized carbons (Fsp3) is 0.158. The van der Waals surface area contributed by atoms with Gasteiger partial charge in [0.2, 0.25) is 0 Å². The van der Waals surface area contributed by atoms with Crippen molar-refractivity contribution in [2.75, 3.05) is 13.7 Å². The number of nitrogens with zero attached hydrogens (tertiary/aromatic N) is 5. The van der Waals surface area contributed by atoms with Crippen molar-refractivity contribution >= 4 is 17.7 Å². The Hall–Kier alpha value is -4.28. The average molecular weight is 411 g/mol. The average Bonchev–Trinajstić information content (AvgIpc) is 3.20. The van der Waals surface area contributed by atoms with Gasteiger partial charge in [-0.3, -0.25) is 10.1 Å². The molecular weight excluding hydrogens is 394 g/mol. The first-order valence-electron chi connectivity index (χ1n) is 8.68. The van der Waals surface area contributed by atoms with Gasteiger partial charge in [-0.25, -0.2) is 9.48 Å². The summed E-state index contributed by atoms with van der Waals surface area (Å²) in [5, 5.41) is 30.4. The summed E-state index contributed by atoms with van der Waals surface area (Å²) in [7, 11) is 1.49. The van der Waals surface area contributed by atoms with Gasteiger partial charge >= 0.3 is 5.97 Å². The van der Waals surface area contributed by atoms with Gasteiger partial charge in [0, 0.05) is 17.7 Å². The van der Waals surface area contributed by atoms with E-state index in [4.69, 9.17) is 14.6 Å². The van der Waals surface area contributed by atoms with Crippen LogP contribution in [0.5, 0.6) is 11.5 Å². The number of ether oxygens (including phenoxy) is 2. The molecule has 0 atom stereocenters. The first kappa shape index (κ1) is 20.5. The van der Waals surface area contributed by atoms with Gasteiger partial charge in [0.25, 0.3) is 11.5 Å². The number of rotatable bonds is 9. The molecule has 30 heavy (non-hydrogen) atoms. The van der Waals surface area contributed by atoms with Crippen LogP contribution in [0, 0.1) is 10.1 Å². The van der Waals surface area contributed by atoms with E-state index in [9.17, 15) is 14.9 Å². The summed E-state index contributed by atoms with van der Waals surface area (Å²) >= 11 is 0. The zero-order chi connectivity index (χ0) is 21.5. The molecule has 11 heteroatoms. The molecule has 3 aromatic rings. The van der Waals surface area contributed by atoms with Crippen LogP contribution in [0.1, 0.15) is 21.7 Å². The van der Waals surface area contributed by atoms with Crippen LogP contribution in [0.25, 0.3) is 6.08 Å². The third kappa shape index (κ3) is 4.95. The third-order valence-corrected chi connectivity index (χ3v) is 4.05. The molecular formula is C19H17N5O6. The molecule has 0 fully saturated rings. The van der Waals surface area contributed by atoms with Crippen LogP contribution >= 0.6 is 0 Å². The van der Waals surface area contributed by atoms with Gasteiger partial charge in [-0.15, -0.1) is 5.10 Å². The van der Waals surface area contributed by atoms with Crippen LogP contribution in [-0.4, -0.2) is 49.9 Å². The lowest BCUT2D eigenvalue weighted by atomic mass is 10.1. The smallest absolute Gasteiger partial charge is 0.375 e. The second-order valence-corrected chi connectivity index (χ2v) is 6.01. The number of aromatic carboxylic acids is 1. The number of hydrogen-bond acceptors (Lipinski definition) is 8. The summed E-state index contributed by atoms with van der Waals surface area (Å²) in [5.41, 5.74) is 1.34. The number of carbonyl (C=O) groups is 1. The van der Waals surface area contributed by atoms with E-state index in [2.05, 4.69) is 15.5 Å². The Labute approximate surface area is 170 Å². The molecule has 0 saturated heterocycles. The Morgan fingerprint density at radius 2 is 2.03 bits per heavy atom. The van der Waals surface area contributed by atoms with Gasteiger partial charge in [0.15, 0.2) is 0 Å². The van der Waals surface area contributed by atoms with Crippen molar-refractivity contribution in [2.24, 2.45) is 0 Å². The van der Waals surface area contributed by atoms with Gasteiger partial charge in [-0.05, 0) is 40.3 Å². The van der Waals surface area contributed by atoms with Gasteiger partial charge in [0.05, 0.1) is 18.6 Å². The first-order valence-corrected chi connectivity index (χ1v) is 8.68. The van der Waals surface area contributed by atoms with Gasteiger partial charge < -0.3 is 14.6 Å². The first-order chi connectivity index (χ1) is 14.5. The monoisotopic (exact) mass is 411 g/mol. The molecule has 154 valence electrons. The summed E-state index contributed by atoms with van der Waals surface area (Å²) in [4.78, 5) is 21.5. The quantitative estimate of drug-likeness (QED) is 0.415. The number of methoxy groups -OCH3 is 1. The largest absolute Gasteiger partial charge is 0.496 e. The molecule has 0 spiro atoms. The van der Waals surface area contributed by atoms with E-state index in [0.29, 0.717) is 17.1 Å². The Kier molecular flexibility index (Phi) is 6.33. The van der Waals surface area contributed by atoms with Crippen molar-refractivity contribution in [3.05, 3.63) is 75.6 Å². The molecule has 0 bridgehead atoms. The minimum atomic E-state index is -1.20. The highest BCUT2D eigenvalue weighted by Crippen LogP contribution is 2.25. The number of nitro groups is 1. The fourth-order valence-corrected chi connectivity index (χ4v) is 2.61. The van der Waals surface area contributed by atoms with E-state index in [1.165, 1.54) is 30.0 Å². The molecule has 2 aromatic carbocycles. The molecule has 11 nitrogen and oxygen atoms in total. The molecule has 0 aliphatic carbocycles. The molecule has 0 unspecified atom stereocenters. The molecule has 0 amide bonds. The Morgan fingerprint density at radius 3 is 2.70 bits per heavy atom. The maximum atomic E-state index is 11.0. The number of non-ortho nitro benzene ring substituents is 1. The Bertz CT molecular complexity index is 1080. The summed E-state index contributed by atoms with van der Waals surface area (Å²) in [6.07, 6.45) is 3.40. The predicted molar refractivity (Wildman–Crippen MR) is 104 cm³/mol. The summed E-state index contributed by atoms with van der Waals surface area (Å²) in [6, 6.07) is 11.4. The van der Waals surface area contributed by atoms with Crippen molar-refractivity contribution in [3.8, 4) is 11.5 Å². The van der Waals surface area contributed by atoms with Gasteiger partial charge in [0.1, 0.15) is 18.1 Å². The second kappa shape index (κ2) is 9.28. The zero-order valence-corrected chi connectivity index (χ0v) is 15.8. The van der Waals surface area contributed by atoms with Crippen molar-refractivity contribution in [3.63, 3.8) is 0 Å². The molecule has 0 saturated carbocycles. The van der Waals surface area contributed by atoms with Crippen molar-refractivity contribution in [1.29, 1.82) is 0 Å². The SMILES string of the molecule is COc1ccc([N+](=O)[O-])cc1/C=C/COc1ccc(Cn2nnnc2C(=O)O)cc1. The lowest BCUT2D eigenvalue weighted by molar-refractivity contribution is -0.384. The molecule has 1 aromatic heterocycles. The summed E-state index contributed by atoms with van der Waals surface area (Å²) < 4.78 is 12.0. The highest BCUT2D eigenvalue weighted by atomic mass is 16.6. The van der Waals surface area contributed by atoms with E-state index in [0.717, 1.165) is 5.56 Å². The standard InChI is InChI=1S/C19H17N5O6/c1-29-17-9-6-15(24(27)28)11-14(17)3-2-10-30-16-7-4-13(5-8-16)12-23-18(19(25)26)20-21-22-23/h2-9,11H,10,12H2,1H3,(H,25,26)/b3-2+. The third-order valence-electron chi connectivity index (χ3n) is 4.05. The van der Waals surface area contributed by atoms with Gasteiger partial charge in [-0.2, -0.15) is 0 Å². The lowest BCUT2D eigenvalue weighted by Gasteiger charge is -2.06. The summed E-state index contributed by atoms with van der Waals surface area (Å²) in [5.74, 6) is -0.321. The number of carboxylic acids is 1. The molecule has 0 aliphatic rings. The normalized spacial score (nSPS) is 10.8. The zero-order valence-electron chi connectivity index (χ0n) is 15.8. The minimum Gasteiger partial charge on any atom is -0.496 e. The maximum Gasteiger partial charge on any atom is 0.375 e. The predicted octanol–water partition coefficient (Wildman–Crippen LogP) is 2.43. The van der Waals surface area contributed by atoms with Gasteiger partial charge in [-0.1, -0.05) is 18.2 Å². The number of nitro benzene ring substituents is 1. The second-order valence-electron chi connectivity index (χ2n) is 6.01. The number of hydrogen-bond donors (Lipinski definition) is 1. The summed E-state index contributed by atoms with van der Waals surface area (Å²) in [6.45, 7) is 0.447. The van der Waals surface area contributed by atoms with Crippen LogP contribution in [0.2, 0.25) is 0 Å². The van der Waals surface area contributed by atoms with E-state index in [-0.39, 0.29) is 24.7 Å². The maximum absolute atomic E-state index is 11.0. The Morgan fingerprint density at radius 1 is 1.27 bits per heavy atom. The van der Waals surface area contributed by atoms with Crippen molar-refractivity contribution < 1.29 is 24.3 Å².